The summed E-state index contributed by atoms with van der Waals surface area (Å²) in [6.45, 7) is 4.94. The van der Waals surface area contributed by atoms with Gasteiger partial charge < -0.3 is 28.5 Å². The Morgan fingerprint density at radius 3 is 0.853 bits per heavy atom. The Balaban J connectivity index is 3.90. The lowest BCUT2D eigenvalue weighted by Gasteiger charge is -2.25. The van der Waals surface area contributed by atoms with Crippen LogP contribution in [-0.2, 0) is 33.3 Å². The topological polar surface area (TPSA) is 108 Å². The number of esters is 2. The maximum absolute atomic E-state index is 12.9. The SMILES string of the molecule is CCCCCCCCCCCCCCCCCCCCCCCCCCCCCCCCCCCCCCCC(=O)OC(COC(=O)CCCCCCCCCCCCCCC)COC(OCC[N+](C)(C)C)C(=O)O. The summed E-state index contributed by atoms with van der Waals surface area (Å²) in [5.41, 5.74) is 0. The first-order chi connectivity index (χ1) is 36.6. The smallest absolute Gasteiger partial charge is 0.361 e. The lowest BCUT2D eigenvalue weighted by molar-refractivity contribution is -0.870. The van der Waals surface area contributed by atoms with Gasteiger partial charge in [-0.3, -0.25) is 9.59 Å². The average molecular weight is 1070 g/mol. The molecule has 0 amide bonds. The van der Waals surface area contributed by atoms with E-state index in [1.165, 1.54) is 283 Å². The number of rotatable bonds is 63. The molecular formula is C66H130NO8+. The van der Waals surface area contributed by atoms with Crippen molar-refractivity contribution in [2.75, 3.05) is 47.5 Å². The van der Waals surface area contributed by atoms with Gasteiger partial charge in [0.15, 0.2) is 6.10 Å². The molecule has 0 heterocycles. The monoisotopic (exact) mass is 1060 g/mol. The Labute approximate surface area is 466 Å². The van der Waals surface area contributed by atoms with Gasteiger partial charge in [-0.05, 0) is 12.8 Å². The Kier molecular flexibility index (Phi) is 57.1. The Hall–Kier alpha value is -1.71. The Bertz CT molecular complexity index is 1190. The highest BCUT2D eigenvalue weighted by Gasteiger charge is 2.25. The quantitative estimate of drug-likeness (QED) is 0.0278. The number of likely N-dealkylation sites (N-methyl/N-ethyl adjacent to an activating group) is 1. The van der Waals surface area contributed by atoms with E-state index in [0.717, 1.165) is 38.5 Å². The molecule has 0 rings (SSSR count). The molecule has 0 bridgehead atoms. The van der Waals surface area contributed by atoms with Crippen LogP contribution in [0.25, 0.3) is 0 Å². The number of carbonyl (C=O) groups is 3. The predicted octanol–water partition coefficient (Wildman–Crippen LogP) is 19.9. The summed E-state index contributed by atoms with van der Waals surface area (Å²) in [6.07, 6.45) is 65.2. The fourth-order valence-electron chi connectivity index (χ4n) is 10.3. The van der Waals surface area contributed by atoms with Gasteiger partial charge in [-0.2, -0.15) is 0 Å². The van der Waals surface area contributed by atoms with Crippen LogP contribution < -0.4 is 0 Å². The van der Waals surface area contributed by atoms with E-state index in [1.807, 2.05) is 21.1 Å². The molecule has 0 aromatic rings. The first kappa shape index (κ1) is 73.3. The zero-order chi connectivity index (χ0) is 54.8. The van der Waals surface area contributed by atoms with E-state index in [0.29, 0.717) is 17.4 Å². The number of unbranched alkanes of at least 4 members (excludes halogenated alkanes) is 48. The van der Waals surface area contributed by atoms with E-state index in [2.05, 4.69) is 13.8 Å². The van der Waals surface area contributed by atoms with Crippen LogP contribution in [-0.4, -0.2) is 87.4 Å². The Morgan fingerprint density at radius 2 is 0.600 bits per heavy atom. The van der Waals surface area contributed by atoms with Crippen molar-refractivity contribution in [2.45, 2.75) is 360 Å². The van der Waals surface area contributed by atoms with Gasteiger partial charge in [0.25, 0.3) is 6.29 Å². The van der Waals surface area contributed by atoms with Crippen molar-refractivity contribution in [1.82, 2.24) is 0 Å². The molecule has 0 spiro atoms. The highest BCUT2D eigenvalue weighted by Crippen LogP contribution is 2.19. The molecule has 0 fully saturated rings. The van der Waals surface area contributed by atoms with Crippen molar-refractivity contribution in [3.05, 3.63) is 0 Å². The van der Waals surface area contributed by atoms with Gasteiger partial charge in [-0.15, -0.1) is 0 Å². The van der Waals surface area contributed by atoms with Crippen molar-refractivity contribution in [3.8, 4) is 0 Å². The third kappa shape index (κ3) is 59.8. The molecule has 0 aromatic carbocycles. The van der Waals surface area contributed by atoms with Gasteiger partial charge >= 0.3 is 17.9 Å². The zero-order valence-corrected chi connectivity index (χ0v) is 51.0. The number of quaternary nitrogens is 1. The predicted molar refractivity (Wildman–Crippen MR) is 318 cm³/mol. The standard InChI is InChI=1S/C66H129NO8/c1-6-8-10-12-14-16-18-20-21-22-23-24-25-26-27-28-29-30-31-32-33-34-35-36-37-38-39-40-41-42-43-45-47-49-51-53-55-57-64(69)75-62(61-74-66(65(70)71)72-59-58-67(3,4)5)60-73-63(68)56-54-52-50-48-46-44-19-17-15-13-11-9-7-2/h62,66H,6-61H2,1-5H3/p+1. The van der Waals surface area contributed by atoms with Crippen LogP contribution in [0.5, 0.6) is 0 Å². The minimum absolute atomic E-state index is 0.173. The summed E-state index contributed by atoms with van der Waals surface area (Å²) in [4.78, 5) is 37.4. The molecular weight excluding hydrogens is 935 g/mol. The fourth-order valence-corrected chi connectivity index (χ4v) is 10.3. The number of carbonyl (C=O) groups excluding carboxylic acids is 2. The van der Waals surface area contributed by atoms with Crippen LogP contribution >= 0.6 is 0 Å². The number of ether oxygens (including phenoxy) is 4. The summed E-state index contributed by atoms with van der Waals surface area (Å²) in [5, 5.41) is 9.70. The molecule has 9 nitrogen and oxygen atoms in total. The van der Waals surface area contributed by atoms with E-state index in [-0.39, 0.29) is 38.2 Å². The summed E-state index contributed by atoms with van der Waals surface area (Å²) in [7, 11) is 5.98. The van der Waals surface area contributed by atoms with E-state index in [9.17, 15) is 19.5 Å². The molecule has 75 heavy (non-hydrogen) atoms. The summed E-state index contributed by atoms with van der Waals surface area (Å²) in [5.74, 6) is -1.97. The van der Waals surface area contributed by atoms with E-state index >= 15 is 0 Å². The number of carboxylic acid groups (broad SMARTS) is 1. The normalized spacial score (nSPS) is 12.6. The number of carboxylic acids is 1. The number of nitrogens with zero attached hydrogens (tertiary/aromatic N) is 1. The van der Waals surface area contributed by atoms with Crippen molar-refractivity contribution in [3.63, 3.8) is 0 Å². The summed E-state index contributed by atoms with van der Waals surface area (Å²) in [6, 6.07) is 0. The number of hydrogen-bond donors (Lipinski definition) is 1. The second kappa shape index (κ2) is 58.4. The zero-order valence-electron chi connectivity index (χ0n) is 51.0. The maximum atomic E-state index is 12.9. The van der Waals surface area contributed by atoms with Crippen LogP contribution in [0, 0.1) is 0 Å². The van der Waals surface area contributed by atoms with E-state index in [1.54, 1.807) is 0 Å². The highest BCUT2D eigenvalue weighted by atomic mass is 16.7. The van der Waals surface area contributed by atoms with Crippen LogP contribution in [0.1, 0.15) is 348 Å². The molecule has 1 N–H and O–H groups in total. The number of hydrogen-bond acceptors (Lipinski definition) is 7. The van der Waals surface area contributed by atoms with Crippen molar-refractivity contribution < 1.29 is 42.9 Å². The molecule has 0 aliphatic carbocycles. The van der Waals surface area contributed by atoms with Crippen LogP contribution in [0.2, 0.25) is 0 Å². The van der Waals surface area contributed by atoms with E-state index in [4.69, 9.17) is 18.9 Å². The van der Waals surface area contributed by atoms with E-state index < -0.39 is 18.4 Å². The van der Waals surface area contributed by atoms with Gasteiger partial charge in [-0.25, -0.2) is 4.79 Å². The Morgan fingerprint density at radius 1 is 0.347 bits per heavy atom. The molecule has 0 aromatic heterocycles. The second-order valence-corrected chi connectivity index (χ2v) is 24.2. The second-order valence-electron chi connectivity index (χ2n) is 24.2. The summed E-state index contributed by atoms with van der Waals surface area (Å²) < 4.78 is 22.9. The number of aliphatic carboxylic acids is 1. The molecule has 2 unspecified atom stereocenters. The van der Waals surface area contributed by atoms with Gasteiger partial charge in [-0.1, -0.05) is 322 Å². The third-order valence-electron chi connectivity index (χ3n) is 15.4. The first-order valence-corrected chi connectivity index (χ1v) is 33.2. The van der Waals surface area contributed by atoms with Crippen LogP contribution in [0.3, 0.4) is 0 Å². The highest BCUT2D eigenvalue weighted by molar-refractivity contribution is 5.71. The maximum Gasteiger partial charge on any atom is 0.361 e. The summed E-state index contributed by atoms with van der Waals surface area (Å²) >= 11 is 0. The molecule has 0 saturated carbocycles. The lowest BCUT2D eigenvalue weighted by Crippen LogP contribution is -2.40. The average Bonchev–Trinajstić information content (AvgIpc) is 3.38. The van der Waals surface area contributed by atoms with Crippen LogP contribution in [0.4, 0.5) is 0 Å². The van der Waals surface area contributed by atoms with Gasteiger partial charge in [0.05, 0.1) is 34.4 Å². The van der Waals surface area contributed by atoms with Crippen molar-refractivity contribution in [1.29, 1.82) is 0 Å². The van der Waals surface area contributed by atoms with Gasteiger partial charge in [0.2, 0.25) is 0 Å². The molecule has 0 radical (unpaired) electrons. The molecule has 446 valence electrons. The van der Waals surface area contributed by atoms with Gasteiger partial charge in [0.1, 0.15) is 13.2 Å². The van der Waals surface area contributed by atoms with Crippen LogP contribution in [0.15, 0.2) is 0 Å². The third-order valence-corrected chi connectivity index (χ3v) is 15.4. The minimum atomic E-state index is -1.50. The van der Waals surface area contributed by atoms with Crippen molar-refractivity contribution in [2.24, 2.45) is 0 Å². The molecule has 0 saturated heterocycles. The lowest BCUT2D eigenvalue weighted by atomic mass is 10.0. The molecule has 2 atom stereocenters. The first-order valence-electron chi connectivity index (χ1n) is 33.2. The fraction of sp³-hybridized carbons (Fsp3) is 0.955. The molecule has 0 aliphatic rings. The van der Waals surface area contributed by atoms with Crippen molar-refractivity contribution >= 4 is 17.9 Å². The molecule has 9 heteroatoms. The van der Waals surface area contributed by atoms with Gasteiger partial charge in [0, 0.05) is 12.8 Å². The minimum Gasteiger partial charge on any atom is -0.477 e. The molecule has 0 aliphatic heterocycles. The largest absolute Gasteiger partial charge is 0.477 e.